The SMILES string of the molecule is CCOc1cc(/C=C2\N=C(c3ccc(Cl)cc3Cl)OC2=O)cc(I)c1OCc1ccc(I)cc1. The van der Waals surface area contributed by atoms with Gasteiger partial charge in [-0.1, -0.05) is 35.3 Å². The maximum absolute atomic E-state index is 12.5. The van der Waals surface area contributed by atoms with Gasteiger partial charge in [-0.3, -0.25) is 0 Å². The van der Waals surface area contributed by atoms with Gasteiger partial charge >= 0.3 is 5.97 Å². The molecule has 1 aliphatic rings. The van der Waals surface area contributed by atoms with E-state index in [0.29, 0.717) is 40.3 Å². The van der Waals surface area contributed by atoms with Crippen molar-refractivity contribution in [2.24, 2.45) is 4.99 Å². The lowest BCUT2D eigenvalue weighted by Gasteiger charge is -2.15. The topological polar surface area (TPSA) is 57.1 Å². The summed E-state index contributed by atoms with van der Waals surface area (Å²) in [5.74, 6) is 0.806. The molecule has 1 heterocycles. The van der Waals surface area contributed by atoms with Gasteiger partial charge in [-0.15, -0.1) is 0 Å². The van der Waals surface area contributed by atoms with Crippen molar-refractivity contribution in [1.29, 1.82) is 0 Å². The highest BCUT2D eigenvalue weighted by atomic mass is 127. The number of aliphatic imine (C=N–C) groups is 1. The number of hydrogen-bond acceptors (Lipinski definition) is 5. The molecule has 3 aromatic rings. The molecule has 0 atom stereocenters. The van der Waals surface area contributed by atoms with Gasteiger partial charge < -0.3 is 14.2 Å². The average Bonchev–Trinajstić information content (AvgIpc) is 3.14. The lowest BCUT2D eigenvalue weighted by Crippen LogP contribution is -2.06. The first-order valence-corrected chi connectivity index (χ1v) is 13.1. The Kier molecular flexibility index (Phi) is 8.39. The van der Waals surface area contributed by atoms with Crippen LogP contribution in [0, 0.1) is 7.14 Å². The van der Waals surface area contributed by atoms with Crippen LogP contribution in [0.15, 0.2) is 65.3 Å². The van der Waals surface area contributed by atoms with E-state index in [4.69, 9.17) is 37.4 Å². The molecule has 34 heavy (non-hydrogen) atoms. The molecule has 0 saturated heterocycles. The third-order valence-electron chi connectivity index (χ3n) is 4.71. The van der Waals surface area contributed by atoms with E-state index in [-0.39, 0.29) is 11.6 Å². The van der Waals surface area contributed by atoms with Crippen LogP contribution in [-0.4, -0.2) is 18.5 Å². The van der Waals surface area contributed by atoms with Crippen molar-refractivity contribution in [2.45, 2.75) is 13.5 Å². The summed E-state index contributed by atoms with van der Waals surface area (Å²) in [6.45, 7) is 2.78. The second kappa shape index (κ2) is 11.3. The summed E-state index contributed by atoms with van der Waals surface area (Å²) in [5.41, 5.74) is 2.44. The maximum atomic E-state index is 12.5. The second-order valence-corrected chi connectivity index (χ2v) is 10.4. The van der Waals surface area contributed by atoms with Crippen molar-refractivity contribution in [3.63, 3.8) is 0 Å². The van der Waals surface area contributed by atoms with Crippen molar-refractivity contribution in [3.05, 3.63) is 94.2 Å². The van der Waals surface area contributed by atoms with Crippen LogP contribution in [0.4, 0.5) is 0 Å². The maximum Gasteiger partial charge on any atom is 0.363 e. The standard InChI is InChI=1S/C25H17Cl2I2NO4/c1-2-32-22-11-15(9-20(29)23(22)33-13-14-3-6-17(28)7-4-14)10-21-25(31)34-24(30-21)18-8-5-16(26)12-19(18)27/h3-12H,2,13H2,1H3/b21-10-. The molecule has 0 radical (unpaired) electrons. The molecular formula is C25H17Cl2I2NO4. The van der Waals surface area contributed by atoms with E-state index < -0.39 is 5.97 Å². The Bertz CT molecular complexity index is 1310. The largest absolute Gasteiger partial charge is 0.490 e. The van der Waals surface area contributed by atoms with Crippen molar-refractivity contribution in [1.82, 2.24) is 0 Å². The predicted octanol–water partition coefficient (Wildman–Crippen LogP) is 7.52. The summed E-state index contributed by atoms with van der Waals surface area (Å²) < 4.78 is 19.3. The van der Waals surface area contributed by atoms with Gasteiger partial charge in [-0.05, 0) is 112 Å². The number of carbonyl (C=O) groups is 1. The zero-order valence-corrected chi connectivity index (χ0v) is 23.6. The van der Waals surface area contributed by atoms with Crippen LogP contribution in [0.25, 0.3) is 6.08 Å². The molecule has 0 amide bonds. The number of ether oxygens (including phenoxy) is 3. The third-order valence-corrected chi connectivity index (χ3v) is 6.78. The van der Waals surface area contributed by atoms with Gasteiger partial charge in [-0.25, -0.2) is 9.79 Å². The summed E-state index contributed by atoms with van der Waals surface area (Å²) >= 11 is 16.6. The molecule has 0 N–H and O–H groups in total. The van der Waals surface area contributed by atoms with E-state index in [9.17, 15) is 4.79 Å². The summed E-state index contributed by atoms with van der Waals surface area (Å²) in [6, 6.07) is 16.7. The second-order valence-electron chi connectivity index (χ2n) is 7.14. The predicted molar refractivity (Wildman–Crippen MR) is 151 cm³/mol. The smallest absolute Gasteiger partial charge is 0.363 e. The minimum Gasteiger partial charge on any atom is -0.490 e. The average molecular weight is 720 g/mol. The monoisotopic (exact) mass is 719 g/mol. The van der Waals surface area contributed by atoms with Gasteiger partial charge in [0, 0.05) is 8.59 Å². The van der Waals surface area contributed by atoms with E-state index in [2.05, 4.69) is 50.2 Å². The fraction of sp³-hybridized carbons (Fsp3) is 0.120. The van der Waals surface area contributed by atoms with Crippen molar-refractivity contribution >= 4 is 86.3 Å². The quantitative estimate of drug-likeness (QED) is 0.144. The molecule has 9 heteroatoms. The van der Waals surface area contributed by atoms with E-state index in [1.807, 2.05) is 43.3 Å². The first-order valence-electron chi connectivity index (χ1n) is 10.2. The van der Waals surface area contributed by atoms with E-state index >= 15 is 0 Å². The fourth-order valence-electron chi connectivity index (χ4n) is 3.16. The molecular weight excluding hydrogens is 703 g/mol. The zero-order valence-electron chi connectivity index (χ0n) is 17.8. The van der Waals surface area contributed by atoms with Crippen LogP contribution >= 0.6 is 68.4 Å². The first-order chi connectivity index (χ1) is 16.3. The first kappa shape index (κ1) is 25.3. The third kappa shape index (κ3) is 6.05. The summed E-state index contributed by atoms with van der Waals surface area (Å²) in [7, 11) is 0. The molecule has 174 valence electrons. The van der Waals surface area contributed by atoms with Gasteiger partial charge in [0.05, 0.1) is 20.8 Å². The molecule has 0 aliphatic carbocycles. The Morgan fingerprint density at radius 3 is 2.50 bits per heavy atom. The van der Waals surface area contributed by atoms with Crippen LogP contribution in [0.1, 0.15) is 23.6 Å². The molecule has 0 spiro atoms. The lowest BCUT2D eigenvalue weighted by atomic mass is 10.1. The Morgan fingerprint density at radius 2 is 1.79 bits per heavy atom. The van der Waals surface area contributed by atoms with Crippen molar-refractivity contribution in [2.75, 3.05) is 6.61 Å². The van der Waals surface area contributed by atoms with Gasteiger partial charge in [0.25, 0.3) is 0 Å². The minimum atomic E-state index is -0.562. The lowest BCUT2D eigenvalue weighted by molar-refractivity contribution is -0.129. The van der Waals surface area contributed by atoms with Crippen LogP contribution in [0.5, 0.6) is 11.5 Å². The molecule has 0 unspecified atom stereocenters. The number of esters is 1. The molecule has 0 fully saturated rings. The van der Waals surface area contributed by atoms with E-state index in [1.54, 1.807) is 24.3 Å². The Labute approximate surface area is 234 Å². The molecule has 0 saturated carbocycles. The van der Waals surface area contributed by atoms with Crippen LogP contribution in [0.3, 0.4) is 0 Å². The van der Waals surface area contributed by atoms with Crippen LogP contribution < -0.4 is 9.47 Å². The summed E-state index contributed by atoms with van der Waals surface area (Å²) in [4.78, 5) is 16.8. The summed E-state index contributed by atoms with van der Waals surface area (Å²) in [5, 5.41) is 0.833. The molecule has 1 aliphatic heterocycles. The van der Waals surface area contributed by atoms with Crippen molar-refractivity contribution < 1.29 is 19.0 Å². The number of rotatable bonds is 7. The summed E-state index contributed by atoms with van der Waals surface area (Å²) in [6.07, 6.45) is 1.65. The van der Waals surface area contributed by atoms with Crippen molar-refractivity contribution in [3.8, 4) is 11.5 Å². The zero-order chi connectivity index (χ0) is 24.2. The molecule has 0 bridgehead atoms. The van der Waals surface area contributed by atoms with Gasteiger partial charge in [-0.2, -0.15) is 0 Å². The van der Waals surface area contributed by atoms with Gasteiger partial charge in [0.1, 0.15) is 6.61 Å². The highest BCUT2D eigenvalue weighted by Gasteiger charge is 2.26. The highest BCUT2D eigenvalue weighted by Crippen LogP contribution is 2.36. The van der Waals surface area contributed by atoms with Gasteiger partial charge in [0.15, 0.2) is 17.2 Å². The molecule has 5 nitrogen and oxygen atoms in total. The highest BCUT2D eigenvalue weighted by molar-refractivity contribution is 14.1. The van der Waals surface area contributed by atoms with Gasteiger partial charge in [0.2, 0.25) is 5.90 Å². The van der Waals surface area contributed by atoms with E-state index in [1.165, 1.54) is 0 Å². The molecule has 3 aromatic carbocycles. The number of carbonyl (C=O) groups excluding carboxylic acids is 1. The number of nitrogens with zero attached hydrogens (tertiary/aromatic N) is 1. The fourth-order valence-corrected chi connectivity index (χ4v) is 4.79. The van der Waals surface area contributed by atoms with Crippen LogP contribution in [-0.2, 0) is 16.1 Å². The number of hydrogen-bond donors (Lipinski definition) is 0. The normalized spacial score (nSPS) is 14.2. The Morgan fingerprint density at radius 1 is 1.03 bits per heavy atom. The number of halogens is 4. The Hall–Kier alpha value is -1.82. The number of benzene rings is 3. The number of cyclic esters (lactones) is 1. The van der Waals surface area contributed by atoms with Crippen LogP contribution in [0.2, 0.25) is 10.0 Å². The Balaban J connectivity index is 1.61. The molecule has 4 rings (SSSR count). The minimum absolute atomic E-state index is 0.134. The van der Waals surface area contributed by atoms with E-state index in [0.717, 1.165) is 18.3 Å². The molecule has 0 aromatic heterocycles.